The van der Waals surface area contributed by atoms with E-state index in [-0.39, 0.29) is 6.10 Å². The van der Waals surface area contributed by atoms with Crippen LogP contribution in [0, 0.1) is 0 Å². The molecule has 34 heavy (non-hydrogen) atoms. The van der Waals surface area contributed by atoms with Gasteiger partial charge >= 0.3 is 5.82 Å². The largest absolute Gasteiger partial charge is 0.496 e. The van der Waals surface area contributed by atoms with E-state index in [0.717, 1.165) is 69.2 Å². The average molecular weight is 461 g/mol. The molecule has 0 spiro atoms. The van der Waals surface area contributed by atoms with Crippen molar-refractivity contribution in [2.24, 2.45) is 0 Å². The Balaban J connectivity index is 1.67. The Bertz CT molecular complexity index is 1490. The number of hydrogen-bond acceptors (Lipinski definition) is 7. The van der Waals surface area contributed by atoms with Crippen molar-refractivity contribution in [1.82, 2.24) is 5.10 Å². The molecular weight excluding hydrogens is 434 g/mol. The molecule has 2 aromatic carbocycles. The topological polar surface area (TPSA) is 78.9 Å². The quantitative estimate of drug-likeness (QED) is 0.352. The van der Waals surface area contributed by atoms with Crippen molar-refractivity contribution in [1.29, 1.82) is 0 Å². The zero-order valence-corrected chi connectivity index (χ0v) is 19.7. The summed E-state index contributed by atoms with van der Waals surface area (Å²) in [7, 11) is 4.93. The minimum absolute atomic E-state index is 0.0581. The lowest BCUT2D eigenvalue weighted by molar-refractivity contribution is -0.727. The highest BCUT2D eigenvalue weighted by molar-refractivity contribution is 6.14. The highest BCUT2D eigenvalue weighted by Crippen LogP contribution is 2.47. The summed E-state index contributed by atoms with van der Waals surface area (Å²) in [5.74, 6) is 3.68. The number of nitrogens with one attached hydrogen (secondary N) is 1. The molecule has 0 saturated carbocycles. The van der Waals surface area contributed by atoms with E-state index < -0.39 is 0 Å². The molecule has 0 bridgehead atoms. The van der Waals surface area contributed by atoms with Gasteiger partial charge in [0, 0.05) is 29.0 Å². The van der Waals surface area contributed by atoms with Gasteiger partial charge in [-0.15, -0.1) is 4.68 Å². The maximum atomic E-state index is 6.38. The van der Waals surface area contributed by atoms with Crippen molar-refractivity contribution < 1.29 is 28.0 Å². The minimum atomic E-state index is -0.0581. The Morgan fingerprint density at radius 3 is 2.68 bits per heavy atom. The van der Waals surface area contributed by atoms with Crippen LogP contribution < -0.4 is 28.9 Å². The van der Waals surface area contributed by atoms with E-state index in [1.807, 2.05) is 35.9 Å². The molecule has 1 atom stereocenters. The fourth-order valence-electron chi connectivity index (χ4n) is 4.95. The zero-order valence-electron chi connectivity index (χ0n) is 19.7. The number of anilines is 1. The lowest BCUT2D eigenvalue weighted by atomic mass is 9.98. The van der Waals surface area contributed by atoms with Crippen molar-refractivity contribution in [2.45, 2.75) is 26.0 Å². The molecule has 2 aliphatic heterocycles. The summed E-state index contributed by atoms with van der Waals surface area (Å²) >= 11 is 0. The smallest absolute Gasteiger partial charge is 0.339 e. The van der Waals surface area contributed by atoms with E-state index >= 15 is 0 Å². The first-order chi connectivity index (χ1) is 16.5. The van der Waals surface area contributed by atoms with Crippen molar-refractivity contribution in [2.75, 3.05) is 33.2 Å². The monoisotopic (exact) mass is 460 g/mol. The maximum absolute atomic E-state index is 6.38. The van der Waals surface area contributed by atoms with Crippen molar-refractivity contribution in [3.63, 3.8) is 0 Å². The fraction of sp³-hybridized carbons (Fsp3) is 0.308. The van der Waals surface area contributed by atoms with Gasteiger partial charge in [0.25, 0.3) is 0 Å². The van der Waals surface area contributed by atoms with Gasteiger partial charge in [-0.25, -0.2) is 0 Å². The molecule has 0 aliphatic carbocycles. The van der Waals surface area contributed by atoms with Gasteiger partial charge in [-0.3, -0.25) is 5.32 Å². The Kier molecular flexibility index (Phi) is 4.58. The van der Waals surface area contributed by atoms with Crippen LogP contribution in [0.4, 0.5) is 5.82 Å². The lowest BCUT2D eigenvalue weighted by Gasteiger charge is -2.12. The fourth-order valence-corrected chi connectivity index (χ4v) is 4.95. The summed E-state index contributed by atoms with van der Waals surface area (Å²) in [5.41, 5.74) is 5.12. The first-order valence-electron chi connectivity index (χ1n) is 11.2. The molecule has 1 N–H and O–H groups in total. The van der Waals surface area contributed by atoms with Crippen LogP contribution in [-0.4, -0.2) is 39.1 Å². The highest BCUT2D eigenvalue weighted by Gasteiger charge is 2.34. The normalized spacial score (nSPS) is 16.2. The molecule has 8 nitrogen and oxygen atoms in total. The molecule has 174 valence electrons. The standard InChI is InChI=1S/C26H25N3O5/c1-13(2)18-11-16-17(33-18)7-6-14(24(16)32-5)23-22-15-10-20(30-3)21(31-4)12-19(15)34-25(22)26-27-8-9-29(26)28-23/h6-7,10,12,18H,1,8-9,11H2,2-5H3/p+1/t18-/m1/s1. The zero-order chi connectivity index (χ0) is 23.6. The number of methoxy groups -OCH3 is 3. The third kappa shape index (κ3) is 2.84. The number of fused-ring (bicyclic) bond motifs is 6. The van der Waals surface area contributed by atoms with E-state index in [4.69, 9.17) is 28.5 Å². The number of furan rings is 1. The van der Waals surface area contributed by atoms with Crippen LogP contribution in [0.15, 0.2) is 40.8 Å². The van der Waals surface area contributed by atoms with Crippen LogP contribution in [0.3, 0.4) is 0 Å². The van der Waals surface area contributed by atoms with Crippen LogP contribution in [-0.2, 0) is 13.0 Å². The molecule has 2 aromatic heterocycles. The summed E-state index contributed by atoms with van der Waals surface area (Å²) in [6.45, 7) is 7.58. The Morgan fingerprint density at radius 2 is 1.94 bits per heavy atom. The Hall–Kier alpha value is -3.94. The van der Waals surface area contributed by atoms with Gasteiger partial charge in [0.2, 0.25) is 5.58 Å². The van der Waals surface area contributed by atoms with Gasteiger partial charge in [-0.2, -0.15) is 0 Å². The van der Waals surface area contributed by atoms with Crippen LogP contribution in [0.1, 0.15) is 12.5 Å². The van der Waals surface area contributed by atoms with Crippen molar-refractivity contribution in [3.8, 4) is 34.3 Å². The second-order valence-electron chi connectivity index (χ2n) is 8.64. The SMILES string of the molecule is C=C(C)[C@H]1Cc2c(ccc(-c3n[n+]4c(c5oc6cc(OC)c(OC)cc6c35)NCC4)c2OC)O1. The van der Waals surface area contributed by atoms with Crippen molar-refractivity contribution >= 4 is 27.8 Å². The number of aromatic nitrogens is 2. The van der Waals surface area contributed by atoms with Crippen LogP contribution in [0.5, 0.6) is 23.0 Å². The second-order valence-corrected chi connectivity index (χ2v) is 8.64. The molecule has 0 fully saturated rings. The van der Waals surface area contributed by atoms with E-state index in [9.17, 15) is 0 Å². The van der Waals surface area contributed by atoms with Gasteiger partial charge in [-0.05, 0) is 30.7 Å². The predicted octanol–water partition coefficient (Wildman–Crippen LogP) is 4.27. The molecule has 4 aromatic rings. The molecule has 0 saturated heterocycles. The summed E-state index contributed by atoms with van der Waals surface area (Å²) in [4.78, 5) is 0. The number of hydrogen-bond donors (Lipinski definition) is 1. The van der Waals surface area contributed by atoms with Gasteiger partial charge in [0.15, 0.2) is 18.0 Å². The number of nitrogens with zero attached hydrogens (tertiary/aromatic N) is 2. The van der Waals surface area contributed by atoms with Crippen LogP contribution in [0.2, 0.25) is 0 Å². The van der Waals surface area contributed by atoms with E-state index in [1.165, 1.54) is 0 Å². The Morgan fingerprint density at radius 1 is 1.15 bits per heavy atom. The van der Waals surface area contributed by atoms with Crippen LogP contribution in [0.25, 0.3) is 33.2 Å². The number of rotatable bonds is 5. The summed E-state index contributed by atoms with van der Waals surface area (Å²) in [6.07, 6.45) is 0.652. The molecule has 4 heterocycles. The van der Waals surface area contributed by atoms with Gasteiger partial charge in [0.05, 0.1) is 26.7 Å². The third-order valence-electron chi connectivity index (χ3n) is 6.63. The van der Waals surface area contributed by atoms with Crippen LogP contribution >= 0.6 is 0 Å². The maximum Gasteiger partial charge on any atom is 0.339 e. The molecule has 6 rings (SSSR count). The molecule has 8 heteroatoms. The molecule has 2 aliphatic rings. The number of ether oxygens (including phenoxy) is 4. The molecule has 0 amide bonds. The first kappa shape index (κ1) is 20.7. The second kappa shape index (κ2) is 7.55. The van der Waals surface area contributed by atoms with E-state index in [1.54, 1.807) is 21.3 Å². The van der Waals surface area contributed by atoms with E-state index in [0.29, 0.717) is 23.5 Å². The third-order valence-corrected chi connectivity index (χ3v) is 6.63. The highest BCUT2D eigenvalue weighted by atomic mass is 16.5. The molecule has 0 radical (unpaired) electrons. The van der Waals surface area contributed by atoms with Gasteiger partial charge in [0.1, 0.15) is 35.4 Å². The first-order valence-corrected chi connectivity index (χ1v) is 11.2. The predicted molar refractivity (Wildman–Crippen MR) is 128 cm³/mol. The average Bonchev–Trinajstić information content (AvgIpc) is 3.57. The minimum Gasteiger partial charge on any atom is -0.496 e. The molecular formula is C26H26N3O5+. The Labute approximate surface area is 196 Å². The van der Waals surface area contributed by atoms with Crippen molar-refractivity contribution in [3.05, 3.63) is 42.0 Å². The summed E-state index contributed by atoms with van der Waals surface area (Å²) in [6, 6.07) is 7.80. The number of benzene rings is 2. The molecule has 0 unspecified atom stereocenters. The lowest BCUT2D eigenvalue weighted by Crippen LogP contribution is -2.36. The van der Waals surface area contributed by atoms with Gasteiger partial charge in [-0.1, -0.05) is 11.7 Å². The summed E-state index contributed by atoms with van der Waals surface area (Å²) in [5, 5.41) is 10.2. The summed E-state index contributed by atoms with van der Waals surface area (Å²) < 4.78 is 31.5. The van der Waals surface area contributed by atoms with Gasteiger partial charge < -0.3 is 23.4 Å². The van der Waals surface area contributed by atoms with E-state index in [2.05, 4.69) is 11.9 Å².